The summed E-state index contributed by atoms with van der Waals surface area (Å²) in [6.45, 7) is 2.45. The molecule has 0 bridgehead atoms. The van der Waals surface area contributed by atoms with Gasteiger partial charge in [-0.1, -0.05) is 61.5 Å². The second-order valence-electron chi connectivity index (χ2n) is 6.74. The number of nitrogens with two attached hydrogens (primary N) is 1. The molecular formula is C23H20N4O2. The number of hydrogen-bond acceptors (Lipinski definition) is 4. The zero-order valence-electron chi connectivity index (χ0n) is 16.0. The molecule has 0 fully saturated rings. The maximum Gasteiger partial charge on any atom is 0.289 e. The fraction of sp³-hybridized carbons (Fsp3) is 0.130. The van der Waals surface area contributed by atoms with Crippen LogP contribution in [0.25, 0.3) is 22.2 Å². The van der Waals surface area contributed by atoms with Crippen LogP contribution in [0.1, 0.15) is 28.5 Å². The molecule has 2 aromatic carbocycles. The second kappa shape index (κ2) is 7.67. The van der Waals surface area contributed by atoms with Gasteiger partial charge in [0, 0.05) is 23.8 Å². The topological polar surface area (TPSA) is 90.9 Å². The highest BCUT2D eigenvalue weighted by Crippen LogP contribution is 2.29. The largest absolute Gasteiger partial charge is 0.363 e. The van der Waals surface area contributed by atoms with Crippen LogP contribution >= 0.6 is 0 Å². The highest BCUT2D eigenvalue weighted by atomic mass is 16.2. The first-order valence-corrected chi connectivity index (χ1v) is 9.40. The van der Waals surface area contributed by atoms with Gasteiger partial charge in [-0.15, -0.1) is 0 Å². The van der Waals surface area contributed by atoms with Crippen molar-refractivity contribution < 1.29 is 9.59 Å². The molecule has 6 heteroatoms. The quantitative estimate of drug-likeness (QED) is 0.408. The van der Waals surface area contributed by atoms with Crippen molar-refractivity contribution in [3.05, 3.63) is 83.9 Å². The number of Topliss-reactive ketones (excluding diaryl/α,β-unsaturated/α-hetero) is 1. The predicted octanol–water partition coefficient (Wildman–Crippen LogP) is 3.38. The Morgan fingerprint density at radius 1 is 1.03 bits per heavy atom. The molecule has 0 aliphatic carbocycles. The average Bonchev–Trinajstić information content (AvgIpc) is 3.07. The van der Waals surface area contributed by atoms with Crippen LogP contribution in [0, 0.1) is 0 Å². The van der Waals surface area contributed by atoms with Crippen LogP contribution in [0.3, 0.4) is 0 Å². The minimum Gasteiger partial charge on any atom is -0.363 e. The van der Waals surface area contributed by atoms with Gasteiger partial charge < -0.3 is 10.3 Å². The van der Waals surface area contributed by atoms with Crippen LogP contribution in [-0.2, 0) is 17.8 Å². The van der Waals surface area contributed by atoms with Crippen molar-refractivity contribution in [2.24, 2.45) is 5.73 Å². The van der Waals surface area contributed by atoms with E-state index in [0.29, 0.717) is 29.6 Å². The smallest absolute Gasteiger partial charge is 0.289 e. The van der Waals surface area contributed by atoms with E-state index in [1.54, 1.807) is 6.20 Å². The summed E-state index contributed by atoms with van der Waals surface area (Å²) in [7, 11) is 0. The van der Waals surface area contributed by atoms with Crippen molar-refractivity contribution in [1.29, 1.82) is 0 Å². The summed E-state index contributed by atoms with van der Waals surface area (Å²) in [5.74, 6) is -1.69. The Balaban J connectivity index is 1.91. The molecule has 6 nitrogen and oxygen atoms in total. The Hall–Kier alpha value is -3.80. The Kier molecular flexibility index (Phi) is 4.91. The van der Waals surface area contributed by atoms with Crippen molar-refractivity contribution in [3.63, 3.8) is 0 Å². The number of primary amides is 1. The Morgan fingerprint density at radius 2 is 1.76 bits per heavy atom. The van der Waals surface area contributed by atoms with E-state index >= 15 is 0 Å². The van der Waals surface area contributed by atoms with Gasteiger partial charge >= 0.3 is 0 Å². The summed E-state index contributed by atoms with van der Waals surface area (Å²) in [4.78, 5) is 32.6. The van der Waals surface area contributed by atoms with E-state index in [-0.39, 0.29) is 0 Å². The van der Waals surface area contributed by atoms with E-state index < -0.39 is 11.7 Å². The van der Waals surface area contributed by atoms with Crippen molar-refractivity contribution in [1.82, 2.24) is 14.5 Å². The maximum atomic E-state index is 12.5. The summed E-state index contributed by atoms with van der Waals surface area (Å²) < 4.78 is 1.98. The lowest BCUT2D eigenvalue weighted by molar-refractivity contribution is -0.114. The van der Waals surface area contributed by atoms with Crippen LogP contribution in [0.4, 0.5) is 0 Å². The lowest BCUT2D eigenvalue weighted by atomic mass is 9.99. The SMILES string of the molecule is CCc1c(C(=O)C(N)=O)c2cncnc2n1Cc1ccccc1-c1ccccc1. The highest BCUT2D eigenvalue weighted by molar-refractivity contribution is 6.44. The van der Waals surface area contributed by atoms with Crippen molar-refractivity contribution in [2.75, 3.05) is 0 Å². The van der Waals surface area contributed by atoms with Gasteiger partial charge in [-0.25, -0.2) is 9.97 Å². The molecule has 0 atom stereocenters. The van der Waals surface area contributed by atoms with Crippen molar-refractivity contribution in [3.8, 4) is 11.1 Å². The average molecular weight is 384 g/mol. The van der Waals surface area contributed by atoms with Crippen LogP contribution < -0.4 is 5.73 Å². The summed E-state index contributed by atoms with van der Waals surface area (Å²) in [5.41, 5.74) is 10.3. The number of nitrogens with zero attached hydrogens (tertiary/aromatic N) is 3. The number of ketones is 1. The van der Waals surface area contributed by atoms with Gasteiger partial charge in [-0.2, -0.15) is 0 Å². The van der Waals surface area contributed by atoms with Crippen molar-refractivity contribution in [2.45, 2.75) is 19.9 Å². The van der Waals surface area contributed by atoms with Crippen LogP contribution in [0.5, 0.6) is 0 Å². The third kappa shape index (κ3) is 3.29. The molecular weight excluding hydrogens is 364 g/mol. The molecule has 0 saturated heterocycles. The van der Waals surface area contributed by atoms with Gasteiger partial charge in [0.2, 0.25) is 0 Å². The number of carbonyl (C=O) groups is 2. The van der Waals surface area contributed by atoms with Gasteiger partial charge in [0.1, 0.15) is 12.0 Å². The number of carbonyl (C=O) groups excluding carboxylic acids is 2. The van der Waals surface area contributed by atoms with Gasteiger partial charge in [0.15, 0.2) is 0 Å². The number of hydrogen-bond donors (Lipinski definition) is 1. The third-order valence-electron chi connectivity index (χ3n) is 5.05. The first-order chi connectivity index (χ1) is 14.1. The molecule has 2 N–H and O–H groups in total. The molecule has 4 rings (SSSR count). The number of amides is 1. The molecule has 4 aromatic rings. The lowest BCUT2D eigenvalue weighted by Crippen LogP contribution is -2.24. The third-order valence-corrected chi connectivity index (χ3v) is 5.05. The van der Waals surface area contributed by atoms with Crippen molar-refractivity contribution >= 4 is 22.7 Å². The molecule has 144 valence electrons. The Bertz CT molecular complexity index is 1210. The molecule has 0 spiro atoms. The van der Waals surface area contributed by atoms with Gasteiger partial charge in [0.05, 0.1) is 5.56 Å². The molecule has 0 unspecified atom stereocenters. The van der Waals surface area contributed by atoms with Crippen LogP contribution in [-0.4, -0.2) is 26.2 Å². The molecule has 2 aromatic heterocycles. The number of aromatic nitrogens is 3. The predicted molar refractivity (Wildman–Crippen MR) is 111 cm³/mol. The molecule has 0 aliphatic rings. The summed E-state index contributed by atoms with van der Waals surface area (Å²) in [5, 5.41) is 0.547. The molecule has 29 heavy (non-hydrogen) atoms. The first-order valence-electron chi connectivity index (χ1n) is 9.40. The summed E-state index contributed by atoms with van der Waals surface area (Å²) in [6, 6.07) is 18.3. The van der Waals surface area contributed by atoms with Gasteiger partial charge in [-0.05, 0) is 23.1 Å². The number of benzene rings is 2. The Morgan fingerprint density at radius 3 is 2.48 bits per heavy atom. The minimum absolute atomic E-state index is 0.299. The number of rotatable bonds is 6. The number of fused-ring (bicyclic) bond motifs is 1. The molecule has 1 amide bonds. The molecule has 0 radical (unpaired) electrons. The summed E-state index contributed by atoms with van der Waals surface area (Å²) in [6.07, 6.45) is 3.56. The minimum atomic E-state index is -0.979. The first kappa shape index (κ1) is 18.6. The normalized spacial score (nSPS) is 10.9. The monoisotopic (exact) mass is 384 g/mol. The van der Waals surface area contributed by atoms with Crippen LogP contribution in [0.15, 0.2) is 67.1 Å². The standard InChI is InChI=1S/C23H20N4O2/c1-2-19-20(21(28)22(24)29)18-12-25-14-26-23(18)27(19)13-16-10-6-7-11-17(16)15-8-4-3-5-9-15/h3-12,14H,2,13H2,1H3,(H2,24,29). The fourth-order valence-electron chi connectivity index (χ4n) is 3.78. The highest BCUT2D eigenvalue weighted by Gasteiger charge is 2.26. The van der Waals surface area contributed by atoms with Gasteiger partial charge in [-0.3, -0.25) is 9.59 Å². The fourth-order valence-corrected chi connectivity index (χ4v) is 3.78. The van der Waals surface area contributed by atoms with Crippen LogP contribution in [0.2, 0.25) is 0 Å². The van der Waals surface area contributed by atoms with E-state index in [1.807, 2.05) is 41.8 Å². The lowest BCUT2D eigenvalue weighted by Gasteiger charge is -2.14. The van der Waals surface area contributed by atoms with E-state index in [1.165, 1.54) is 6.33 Å². The zero-order valence-corrected chi connectivity index (χ0v) is 16.0. The van der Waals surface area contributed by atoms with E-state index in [4.69, 9.17) is 5.73 Å². The molecule has 0 saturated carbocycles. The molecule has 2 heterocycles. The molecule has 0 aliphatic heterocycles. The summed E-state index contributed by atoms with van der Waals surface area (Å²) >= 11 is 0. The van der Waals surface area contributed by atoms with E-state index in [9.17, 15) is 9.59 Å². The Labute approximate surface area is 168 Å². The zero-order chi connectivity index (χ0) is 20.4. The van der Waals surface area contributed by atoms with E-state index in [2.05, 4.69) is 34.2 Å². The maximum absolute atomic E-state index is 12.5. The van der Waals surface area contributed by atoms with E-state index in [0.717, 1.165) is 22.4 Å². The second-order valence-corrected chi connectivity index (χ2v) is 6.74. The van der Waals surface area contributed by atoms with Gasteiger partial charge in [0.25, 0.3) is 11.7 Å².